The molecule has 2 aromatic carbocycles. The molecule has 0 spiro atoms. The summed E-state index contributed by atoms with van der Waals surface area (Å²) in [5, 5.41) is 3.45. The molecule has 2 fully saturated rings. The van der Waals surface area contributed by atoms with Crippen LogP contribution in [0.5, 0.6) is 23.0 Å². The molecule has 37 heavy (non-hydrogen) atoms. The summed E-state index contributed by atoms with van der Waals surface area (Å²) in [7, 11) is 1.58. The topological polar surface area (TPSA) is 82.2 Å². The minimum absolute atomic E-state index is 0.0468. The van der Waals surface area contributed by atoms with E-state index in [1.807, 2.05) is 13.0 Å². The number of aromatic nitrogens is 1. The van der Waals surface area contributed by atoms with Crippen LogP contribution in [0.4, 0.5) is 10.1 Å². The van der Waals surface area contributed by atoms with Crippen molar-refractivity contribution in [2.75, 3.05) is 51.9 Å². The molecular weight excluding hydrogens is 477 g/mol. The van der Waals surface area contributed by atoms with Gasteiger partial charge in [-0.05, 0) is 43.5 Å². The van der Waals surface area contributed by atoms with Gasteiger partial charge >= 0.3 is 0 Å². The summed E-state index contributed by atoms with van der Waals surface area (Å²) in [5.41, 5.74) is 0.703. The number of methoxy groups -OCH3 is 1. The number of nitrogens with one attached hydrogen (secondary N) is 1. The fraction of sp³-hybridized carbons (Fsp3) is 0.429. The van der Waals surface area contributed by atoms with Crippen LogP contribution in [0, 0.1) is 11.2 Å². The lowest BCUT2D eigenvalue weighted by atomic mass is 10.1. The molecule has 8 nitrogen and oxygen atoms in total. The first-order valence-electron chi connectivity index (χ1n) is 12.6. The van der Waals surface area contributed by atoms with E-state index in [-0.39, 0.29) is 17.1 Å². The van der Waals surface area contributed by atoms with Gasteiger partial charge in [0.2, 0.25) is 5.91 Å². The highest BCUT2D eigenvalue weighted by molar-refractivity contribution is 5.96. The Hall–Kier alpha value is -3.43. The molecule has 3 aromatic rings. The molecule has 1 saturated carbocycles. The summed E-state index contributed by atoms with van der Waals surface area (Å²) in [6.07, 6.45) is 4.19. The number of anilines is 1. The van der Waals surface area contributed by atoms with Crippen LogP contribution in [-0.2, 0) is 9.53 Å². The fourth-order valence-electron chi connectivity index (χ4n) is 4.26. The van der Waals surface area contributed by atoms with Gasteiger partial charge in [-0.2, -0.15) is 0 Å². The number of benzene rings is 2. The molecule has 1 amide bonds. The normalized spacial score (nSPS) is 16.8. The van der Waals surface area contributed by atoms with Crippen molar-refractivity contribution in [2.45, 2.75) is 26.2 Å². The first-order valence-corrected chi connectivity index (χ1v) is 12.6. The number of hydrogen-bond donors (Lipinski definition) is 1. The van der Waals surface area contributed by atoms with E-state index in [9.17, 15) is 9.18 Å². The van der Waals surface area contributed by atoms with Crippen LogP contribution in [0.1, 0.15) is 26.2 Å². The lowest BCUT2D eigenvalue weighted by Gasteiger charge is -2.26. The van der Waals surface area contributed by atoms with Crippen molar-refractivity contribution in [3.05, 3.63) is 48.4 Å². The molecule has 0 atom stereocenters. The molecule has 0 bridgehead atoms. The van der Waals surface area contributed by atoms with E-state index >= 15 is 0 Å². The van der Waals surface area contributed by atoms with Crippen LogP contribution in [0.15, 0.2) is 42.6 Å². The van der Waals surface area contributed by atoms with Crippen molar-refractivity contribution in [2.24, 2.45) is 5.41 Å². The van der Waals surface area contributed by atoms with E-state index in [2.05, 4.69) is 15.2 Å². The fourth-order valence-corrected chi connectivity index (χ4v) is 4.26. The van der Waals surface area contributed by atoms with Crippen LogP contribution < -0.4 is 19.5 Å². The third-order valence-electron chi connectivity index (χ3n) is 6.92. The van der Waals surface area contributed by atoms with E-state index < -0.39 is 5.82 Å². The molecule has 2 heterocycles. The molecule has 1 N–H and O–H groups in total. The standard InChI is InChI=1S/C28H32FN3O5/c1-28(7-8-28)27(33)31-19-4-5-24(21(29)16-19)37-23-6-9-30-22-18-26(25(34-2)17-20(22)23)36-13-3-10-32-11-14-35-15-12-32/h4-6,9,16-18H,3,7-8,10-15H2,1-2H3,(H,31,33). The zero-order chi connectivity index (χ0) is 25.8. The molecule has 196 valence electrons. The number of rotatable bonds is 10. The average Bonchev–Trinajstić information content (AvgIpc) is 3.67. The van der Waals surface area contributed by atoms with Gasteiger partial charge in [0, 0.05) is 54.5 Å². The number of nitrogens with zero attached hydrogens (tertiary/aromatic N) is 2. The number of pyridine rings is 1. The van der Waals surface area contributed by atoms with E-state index in [0.29, 0.717) is 40.4 Å². The Bertz CT molecular complexity index is 1270. The summed E-state index contributed by atoms with van der Waals surface area (Å²) in [6, 6.07) is 9.69. The SMILES string of the molecule is COc1cc2c(Oc3ccc(NC(=O)C4(C)CC4)cc3F)ccnc2cc1OCCCN1CCOCC1. The molecule has 1 aromatic heterocycles. The van der Waals surface area contributed by atoms with Crippen molar-refractivity contribution < 1.29 is 28.1 Å². The smallest absolute Gasteiger partial charge is 0.230 e. The predicted octanol–water partition coefficient (Wildman–Crippen LogP) is 5.01. The largest absolute Gasteiger partial charge is 0.493 e. The number of morpholine rings is 1. The first-order chi connectivity index (χ1) is 17.9. The summed E-state index contributed by atoms with van der Waals surface area (Å²) >= 11 is 0. The second-order valence-electron chi connectivity index (χ2n) is 9.75. The number of fused-ring (bicyclic) bond motifs is 1. The highest BCUT2D eigenvalue weighted by Gasteiger charge is 2.44. The number of carbonyl (C=O) groups is 1. The Morgan fingerprint density at radius 2 is 1.92 bits per heavy atom. The summed E-state index contributed by atoms with van der Waals surface area (Å²) in [6.45, 7) is 6.85. The van der Waals surface area contributed by atoms with Crippen LogP contribution >= 0.6 is 0 Å². The Morgan fingerprint density at radius 1 is 1.11 bits per heavy atom. The number of carbonyl (C=O) groups excluding carboxylic acids is 1. The minimum atomic E-state index is -0.573. The zero-order valence-electron chi connectivity index (χ0n) is 21.2. The third kappa shape index (κ3) is 5.94. The molecule has 5 rings (SSSR count). The van der Waals surface area contributed by atoms with Gasteiger partial charge in [-0.1, -0.05) is 6.92 Å². The highest BCUT2D eigenvalue weighted by Crippen LogP contribution is 2.46. The lowest BCUT2D eigenvalue weighted by molar-refractivity contribution is -0.120. The van der Waals surface area contributed by atoms with Crippen LogP contribution in [0.25, 0.3) is 10.9 Å². The predicted molar refractivity (Wildman–Crippen MR) is 138 cm³/mol. The van der Waals surface area contributed by atoms with Crippen molar-refractivity contribution in [3.8, 4) is 23.0 Å². The molecule has 0 radical (unpaired) electrons. The molecular formula is C28H32FN3O5. The van der Waals surface area contributed by atoms with E-state index in [1.165, 1.54) is 12.1 Å². The van der Waals surface area contributed by atoms with E-state index in [1.54, 1.807) is 31.5 Å². The Balaban J connectivity index is 1.27. The summed E-state index contributed by atoms with van der Waals surface area (Å²) in [4.78, 5) is 19.1. The second kappa shape index (κ2) is 10.9. The first kappa shape index (κ1) is 25.2. The van der Waals surface area contributed by atoms with E-state index in [0.717, 1.165) is 52.1 Å². The molecule has 1 aliphatic carbocycles. The molecule has 1 saturated heterocycles. The monoisotopic (exact) mass is 509 g/mol. The van der Waals surface area contributed by atoms with Gasteiger partial charge in [-0.25, -0.2) is 4.39 Å². The Morgan fingerprint density at radius 3 is 2.65 bits per heavy atom. The molecule has 9 heteroatoms. The second-order valence-corrected chi connectivity index (χ2v) is 9.75. The molecule has 2 aliphatic rings. The van der Waals surface area contributed by atoms with Crippen LogP contribution in [-0.4, -0.2) is 62.4 Å². The number of halogens is 1. The molecule has 0 unspecified atom stereocenters. The highest BCUT2D eigenvalue weighted by atomic mass is 19.1. The van der Waals surface area contributed by atoms with Gasteiger partial charge in [0.15, 0.2) is 23.1 Å². The maximum absolute atomic E-state index is 14.9. The van der Waals surface area contributed by atoms with Gasteiger partial charge in [0.05, 0.1) is 32.4 Å². The number of hydrogen-bond acceptors (Lipinski definition) is 7. The van der Waals surface area contributed by atoms with Gasteiger partial charge in [0.25, 0.3) is 0 Å². The molecule has 1 aliphatic heterocycles. The summed E-state index contributed by atoms with van der Waals surface area (Å²) < 4.78 is 37.8. The van der Waals surface area contributed by atoms with Gasteiger partial charge in [-0.3, -0.25) is 14.7 Å². The third-order valence-corrected chi connectivity index (χ3v) is 6.92. The van der Waals surface area contributed by atoms with Gasteiger partial charge < -0.3 is 24.3 Å². The zero-order valence-corrected chi connectivity index (χ0v) is 21.2. The lowest BCUT2D eigenvalue weighted by Crippen LogP contribution is -2.37. The van der Waals surface area contributed by atoms with Crippen molar-refractivity contribution >= 4 is 22.5 Å². The van der Waals surface area contributed by atoms with Gasteiger partial charge in [0.1, 0.15) is 5.75 Å². The Labute approximate surface area is 215 Å². The quantitative estimate of drug-likeness (QED) is 0.385. The van der Waals surface area contributed by atoms with Crippen LogP contribution in [0.3, 0.4) is 0 Å². The van der Waals surface area contributed by atoms with Crippen molar-refractivity contribution in [1.29, 1.82) is 0 Å². The minimum Gasteiger partial charge on any atom is -0.493 e. The average molecular weight is 510 g/mol. The number of amides is 1. The van der Waals surface area contributed by atoms with E-state index in [4.69, 9.17) is 18.9 Å². The Kier molecular flexibility index (Phi) is 7.43. The number of ether oxygens (including phenoxy) is 4. The summed E-state index contributed by atoms with van der Waals surface area (Å²) in [5.74, 6) is 0.956. The van der Waals surface area contributed by atoms with Gasteiger partial charge in [-0.15, -0.1) is 0 Å². The maximum Gasteiger partial charge on any atom is 0.230 e. The van der Waals surface area contributed by atoms with Crippen molar-refractivity contribution in [3.63, 3.8) is 0 Å². The van der Waals surface area contributed by atoms with Crippen molar-refractivity contribution in [1.82, 2.24) is 9.88 Å². The van der Waals surface area contributed by atoms with Crippen LogP contribution in [0.2, 0.25) is 0 Å². The maximum atomic E-state index is 14.9.